The van der Waals surface area contributed by atoms with Gasteiger partial charge in [0.1, 0.15) is 5.01 Å². The maximum Gasteiger partial charge on any atom is 0.234 e. The Hall–Kier alpha value is -1.01. The van der Waals surface area contributed by atoms with E-state index in [1.54, 1.807) is 11.3 Å². The van der Waals surface area contributed by atoms with Crippen LogP contribution in [0.15, 0.2) is 0 Å². The normalized spacial score (nSPS) is 13.8. The molecule has 0 aliphatic rings. The van der Waals surface area contributed by atoms with Gasteiger partial charge in [0.05, 0.1) is 0 Å². The summed E-state index contributed by atoms with van der Waals surface area (Å²) in [4.78, 5) is 0.863. The van der Waals surface area contributed by atoms with Crippen molar-refractivity contribution in [2.24, 2.45) is 5.73 Å². The van der Waals surface area contributed by atoms with Crippen LogP contribution in [-0.2, 0) is 6.42 Å². The number of nitrogens with two attached hydrogens (primary N) is 1. The van der Waals surface area contributed by atoms with Crippen LogP contribution in [0.4, 0.5) is 0 Å². The number of rotatable bonds is 4. The summed E-state index contributed by atoms with van der Waals surface area (Å²) in [7, 11) is 0. The summed E-state index contributed by atoms with van der Waals surface area (Å²) in [6.07, 6.45) is 1.79. The molecule has 2 rings (SSSR count). The van der Waals surface area contributed by atoms with Gasteiger partial charge in [-0.05, 0) is 6.42 Å². The first-order valence-corrected chi connectivity index (χ1v) is 6.40. The largest absolute Gasteiger partial charge is 0.327 e. The molecule has 2 aromatic heterocycles. The molecule has 6 heteroatoms. The molecule has 16 heavy (non-hydrogen) atoms. The Morgan fingerprint density at radius 2 is 2.12 bits per heavy atom. The third kappa shape index (κ3) is 2.08. The molecule has 0 fully saturated rings. The minimum absolute atomic E-state index is 0.186. The molecule has 2 aromatic rings. The first-order chi connectivity index (χ1) is 7.61. The van der Waals surface area contributed by atoms with Gasteiger partial charge >= 0.3 is 0 Å². The highest BCUT2D eigenvalue weighted by Crippen LogP contribution is 2.19. The molecular formula is C10H17N5S. The van der Waals surface area contributed by atoms with Crippen molar-refractivity contribution in [1.29, 1.82) is 0 Å². The van der Waals surface area contributed by atoms with Crippen molar-refractivity contribution in [3.05, 3.63) is 10.8 Å². The predicted octanol–water partition coefficient (Wildman–Crippen LogP) is 1.59. The molecule has 0 bridgehead atoms. The lowest BCUT2D eigenvalue weighted by Crippen LogP contribution is -2.21. The summed E-state index contributed by atoms with van der Waals surface area (Å²) in [6.45, 7) is 6.27. The van der Waals surface area contributed by atoms with Crippen LogP contribution in [0.1, 0.15) is 43.9 Å². The maximum absolute atomic E-state index is 5.91. The van der Waals surface area contributed by atoms with Gasteiger partial charge in [0.15, 0.2) is 5.82 Å². The molecular weight excluding hydrogens is 222 g/mol. The van der Waals surface area contributed by atoms with Crippen molar-refractivity contribution in [1.82, 2.24) is 19.8 Å². The van der Waals surface area contributed by atoms with E-state index in [2.05, 4.69) is 36.1 Å². The van der Waals surface area contributed by atoms with Gasteiger partial charge in [-0.2, -0.15) is 9.61 Å². The van der Waals surface area contributed by atoms with Gasteiger partial charge in [-0.25, -0.2) is 0 Å². The molecule has 1 unspecified atom stereocenters. The lowest BCUT2D eigenvalue weighted by molar-refractivity contribution is 0.632. The van der Waals surface area contributed by atoms with Crippen molar-refractivity contribution in [2.45, 2.75) is 45.6 Å². The summed E-state index contributed by atoms with van der Waals surface area (Å²) in [5.41, 5.74) is 5.91. The van der Waals surface area contributed by atoms with E-state index in [9.17, 15) is 0 Å². The molecule has 0 aliphatic heterocycles. The topological polar surface area (TPSA) is 69.1 Å². The third-order valence-electron chi connectivity index (χ3n) is 2.53. The first-order valence-electron chi connectivity index (χ1n) is 5.58. The third-order valence-corrected chi connectivity index (χ3v) is 3.46. The molecule has 0 aromatic carbocycles. The highest BCUT2D eigenvalue weighted by molar-refractivity contribution is 7.16. The molecule has 0 aliphatic carbocycles. The maximum atomic E-state index is 5.91. The fraction of sp³-hybridized carbons (Fsp3) is 0.700. The molecule has 2 heterocycles. The second-order valence-corrected chi connectivity index (χ2v) is 5.32. The van der Waals surface area contributed by atoms with E-state index in [1.807, 2.05) is 4.52 Å². The predicted molar refractivity (Wildman–Crippen MR) is 64.7 cm³/mol. The van der Waals surface area contributed by atoms with E-state index in [0.29, 0.717) is 5.92 Å². The Balaban J connectivity index is 2.30. The average Bonchev–Trinajstić information content (AvgIpc) is 2.75. The van der Waals surface area contributed by atoms with Gasteiger partial charge in [0.25, 0.3) is 0 Å². The SMILES string of the molecule is CCC(N)Cc1nn2c(C(C)C)nnc2s1. The van der Waals surface area contributed by atoms with Gasteiger partial charge in [-0.15, -0.1) is 10.2 Å². The zero-order chi connectivity index (χ0) is 11.7. The molecule has 5 nitrogen and oxygen atoms in total. The number of nitrogens with zero attached hydrogens (tertiary/aromatic N) is 4. The van der Waals surface area contributed by atoms with Crippen LogP contribution in [0.2, 0.25) is 0 Å². The molecule has 0 amide bonds. The van der Waals surface area contributed by atoms with Crippen LogP contribution < -0.4 is 5.73 Å². The number of hydrogen-bond acceptors (Lipinski definition) is 5. The second-order valence-electron chi connectivity index (χ2n) is 4.28. The zero-order valence-corrected chi connectivity index (χ0v) is 10.7. The molecule has 0 radical (unpaired) electrons. The van der Waals surface area contributed by atoms with Gasteiger partial charge in [0.2, 0.25) is 4.96 Å². The van der Waals surface area contributed by atoms with Crippen LogP contribution in [0, 0.1) is 0 Å². The number of hydrogen-bond donors (Lipinski definition) is 1. The van der Waals surface area contributed by atoms with E-state index >= 15 is 0 Å². The van der Waals surface area contributed by atoms with Crippen LogP contribution >= 0.6 is 11.3 Å². The Kier molecular flexibility index (Phi) is 3.20. The van der Waals surface area contributed by atoms with Crippen molar-refractivity contribution >= 4 is 16.3 Å². The average molecular weight is 239 g/mol. The van der Waals surface area contributed by atoms with E-state index < -0.39 is 0 Å². The molecule has 0 saturated carbocycles. The van der Waals surface area contributed by atoms with Crippen molar-refractivity contribution in [3.8, 4) is 0 Å². The summed E-state index contributed by atoms with van der Waals surface area (Å²) < 4.78 is 1.84. The standard InChI is InChI=1S/C10H17N5S/c1-4-7(11)5-8-14-15-9(6(2)3)12-13-10(15)16-8/h6-7H,4-5,11H2,1-3H3. The molecule has 0 spiro atoms. The molecule has 88 valence electrons. The number of fused-ring (bicyclic) bond motifs is 1. The van der Waals surface area contributed by atoms with Gasteiger partial charge in [-0.3, -0.25) is 0 Å². The summed E-state index contributed by atoms with van der Waals surface area (Å²) in [6, 6.07) is 0.186. The number of aromatic nitrogens is 4. The van der Waals surface area contributed by atoms with Crippen molar-refractivity contribution < 1.29 is 0 Å². The smallest absolute Gasteiger partial charge is 0.234 e. The van der Waals surface area contributed by atoms with Crippen LogP contribution in [0.3, 0.4) is 0 Å². The van der Waals surface area contributed by atoms with Gasteiger partial charge in [0, 0.05) is 18.4 Å². The Bertz CT molecular complexity index is 472. The second kappa shape index (κ2) is 4.47. The fourth-order valence-electron chi connectivity index (χ4n) is 1.48. The lowest BCUT2D eigenvalue weighted by atomic mass is 10.2. The Labute approximate surface area is 98.7 Å². The minimum atomic E-state index is 0.186. The first kappa shape index (κ1) is 11.5. The molecule has 0 saturated heterocycles. The molecule has 1 atom stereocenters. The quantitative estimate of drug-likeness (QED) is 0.879. The summed E-state index contributed by atoms with van der Waals surface area (Å²) in [5.74, 6) is 1.26. The van der Waals surface area contributed by atoms with Gasteiger partial charge in [-0.1, -0.05) is 32.1 Å². The van der Waals surface area contributed by atoms with E-state index in [4.69, 9.17) is 5.73 Å². The van der Waals surface area contributed by atoms with Crippen LogP contribution in [0.25, 0.3) is 4.96 Å². The van der Waals surface area contributed by atoms with Crippen molar-refractivity contribution in [3.63, 3.8) is 0 Å². The van der Waals surface area contributed by atoms with Crippen LogP contribution in [0.5, 0.6) is 0 Å². The van der Waals surface area contributed by atoms with E-state index in [-0.39, 0.29) is 6.04 Å². The highest BCUT2D eigenvalue weighted by Gasteiger charge is 2.15. The minimum Gasteiger partial charge on any atom is -0.327 e. The van der Waals surface area contributed by atoms with Crippen molar-refractivity contribution in [2.75, 3.05) is 0 Å². The summed E-state index contributed by atoms with van der Waals surface area (Å²) in [5, 5.41) is 13.8. The highest BCUT2D eigenvalue weighted by atomic mass is 32.1. The Morgan fingerprint density at radius 3 is 2.75 bits per heavy atom. The van der Waals surface area contributed by atoms with Gasteiger partial charge < -0.3 is 5.73 Å². The Morgan fingerprint density at radius 1 is 1.38 bits per heavy atom. The van der Waals surface area contributed by atoms with E-state index in [0.717, 1.165) is 28.6 Å². The lowest BCUT2D eigenvalue weighted by Gasteiger charge is -2.04. The fourth-order valence-corrected chi connectivity index (χ4v) is 2.42. The molecule has 2 N–H and O–H groups in total. The zero-order valence-electron chi connectivity index (χ0n) is 9.84. The summed E-state index contributed by atoms with van der Waals surface area (Å²) >= 11 is 1.58. The van der Waals surface area contributed by atoms with E-state index in [1.165, 1.54) is 0 Å². The monoisotopic (exact) mass is 239 g/mol. The van der Waals surface area contributed by atoms with Crippen LogP contribution in [-0.4, -0.2) is 25.9 Å².